The summed E-state index contributed by atoms with van der Waals surface area (Å²) >= 11 is 0. The van der Waals surface area contributed by atoms with Crippen LogP contribution in [0.15, 0.2) is 24.4 Å². The summed E-state index contributed by atoms with van der Waals surface area (Å²) in [6, 6.07) is 5.63. The summed E-state index contributed by atoms with van der Waals surface area (Å²) in [4.78, 5) is 21.0. The molecule has 0 aliphatic rings. The molecule has 0 atom stereocenters. The van der Waals surface area contributed by atoms with Crippen molar-refractivity contribution in [3.05, 3.63) is 51.3 Å². The van der Waals surface area contributed by atoms with E-state index in [1.807, 2.05) is 19.1 Å². The maximum absolute atomic E-state index is 10.9. The van der Waals surface area contributed by atoms with Crippen molar-refractivity contribution in [2.24, 2.45) is 0 Å². The first-order valence-corrected chi connectivity index (χ1v) is 6.98. The molecule has 0 aliphatic carbocycles. The van der Waals surface area contributed by atoms with Crippen LogP contribution in [0.3, 0.4) is 0 Å². The fourth-order valence-corrected chi connectivity index (χ4v) is 2.29. The van der Waals surface area contributed by atoms with E-state index in [-0.39, 0.29) is 6.73 Å². The number of aromatic carboxylic acids is 1. The number of carbonyl (C=O) groups is 1. The molecule has 1 aromatic heterocycles. The van der Waals surface area contributed by atoms with Gasteiger partial charge < -0.3 is 9.84 Å². The van der Waals surface area contributed by atoms with Crippen molar-refractivity contribution in [2.75, 3.05) is 0 Å². The van der Waals surface area contributed by atoms with Gasteiger partial charge in [0.2, 0.25) is 5.69 Å². The van der Waals surface area contributed by atoms with Gasteiger partial charge in [0.15, 0.2) is 6.73 Å². The van der Waals surface area contributed by atoms with E-state index in [0.29, 0.717) is 11.7 Å². The molecule has 2 rings (SSSR count). The van der Waals surface area contributed by atoms with Crippen LogP contribution < -0.4 is 4.74 Å². The first kappa shape index (κ1) is 16.5. The minimum absolute atomic E-state index is 0.116. The third-order valence-electron chi connectivity index (χ3n) is 3.37. The highest BCUT2D eigenvalue weighted by molar-refractivity contribution is 5.89. The molecule has 1 heterocycles. The number of aromatic nitrogens is 2. The molecule has 8 heteroatoms. The van der Waals surface area contributed by atoms with E-state index in [4.69, 9.17) is 9.84 Å². The Morgan fingerprint density at radius 1 is 1.48 bits per heavy atom. The Balaban J connectivity index is 2.15. The Bertz CT molecular complexity index is 720. The lowest BCUT2D eigenvalue weighted by Crippen LogP contribution is -2.08. The number of nitrogens with zero attached hydrogens (tertiary/aromatic N) is 3. The van der Waals surface area contributed by atoms with E-state index in [0.717, 1.165) is 16.4 Å². The van der Waals surface area contributed by atoms with Gasteiger partial charge in [-0.3, -0.25) is 10.1 Å². The van der Waals surface area contributed by atoms with Gasteiger partial charge in [-0.1, -0.05) is 19.9 Å². The molecule has 0 aliphatic heterocycles. The van der Waals surface area contributed by atoms with Crippen molar-refractivity contribution in [3.63, 3.8) is 0 Å². The minimum atomic E-state index is -1.45. The zero-order valence-corrected chi connectivity index (χ0v) is 13.0. The van der Waals surface area contributed by atoms with Crippen LogP contribution in [0.5, 0.6) is 5.75 Å². The van der Waals surface area contributed by atoms with Gasteiger partial charge in [0.1, 0.15) is 11.9 Å². The monoisotopic (exact) mass is 319 g/mol. The maximum atomic E-state index is 10.9. The average Bonchev–Trinajstić information content (AvgIpc) is 2.89. The van der Waals surface area contributed by atoms with Crippen LogP contribution in [0, 0.1) is 17.0 Å². The van der Waals surface area contributed by atoms with Gasteiger partial charge in [0.25, 0.3) is 0 Å². The molecule has 0 bridgehead atoms. The molecule has 0 saturated carbocycles. The highest BCUT2D eigenvalue weighted by Crippen LogP contribution is 2.24. The van der Waals surface area contributed by atoms with E-state index >= 15 is 0 Å². The highest BCUT2D eigenvalue weighted by atomic mass is 16.6. The molecule has 23 heavy (non-hydrogen) atoms. The summed E-state index contributed by atoms with van der Waals surface area (Å²) in [5, 5.41) is 23.4. The zero-order valence-electron chi connectivity index (χ0n) is 13.0. The molecule has 0 fully saturated rings. The molecule has 0 amide bonds. The Morgan fingerprint density at radius 2 is 2.17 bits per heavy atom. The summed E-state index contributed by atoms with van der Waals surface area (Å²) in [7, 11) is 0. The van der Waals surface area contributed by atoms with Crippen LogP contribution in [0.4, 0.5) is 5.69 Å². The number of benzene rings is 1. The van der Waals surface area contributed by atoms with Gasteiger partial charge in [-0.05, 0) is 36.1 Å². The van der Waals surface area contributed by atoms with Crippen LogP contribution >= 0.6 is 0 Å². The zero-order chi connectivity index (χ0) is 17.1. The molecule has 1 aromatic carbocycles. The van der Waals surface area contributed by atoms with Gasteiger partial charge in [0, 0.05) is 0 Å². The van der Waals surface area contributed by atoms with Gasteiger partial charge in [-0.15, -0.1) is 0 Å². The van der Waals surface area contributed by atoms with E-state index in [2.05, 4.69) is 18.9 Å². The number of ether oxygens (including phenoxy) is 1. The van der Waals surface area contributed by atoms with E-state index in [9.17, 15) is 14.9 Å². The van der Waals surface area contributed by atoms with Gasteiger partial charge >= 0.3 is 11.7 Å². The average molecular weight is 319 g/mol. The normalized spacial score (nSPS) is 10.8. The second-order valence-corrected chi connectivity index (χ2v) is 5.41. The number of nitro groups is 1. The third kappa shape index (κ3) is 3.65. The maximum Gasteiger partial charge on any atom is 0.363 e. The molecule has 2 aromatic rings. The number of carboxylic acids is 1. The lowest BCUT2D eigenvalue weighted by atomic mass is 9.98. The number of rotatable bonds is 6. The summed E-state index contributed by atoms with van der Waals surface area (Å²) in [5.74, 6) is -0.467. The lowest BCUT2D eigenvalue weighted by Gasteiger charge is -2.12. The van der Waals surface area contributed by atoms with Crippen molar-refractivity contribution in [3.8, 4) is 5.75 Å². The number of hydrogen-bond acceptors (Lipinski definition) is 5. The predicted octanol–water partition coefficient (Wildman–Crippen LogP) is 2.96. The number of hydrogen-bond donors (Lipinski definition) is 1. The van der Waals surface area contributed by atoms with E-state index < -0.39 is 22.3 Å². The Morgan fingerprint density at radius 3 is 2.65 bits per heavy atom. The molecule has 0 radical (unpaired) electrons. The van der Waals surface area contributed by atoms with Crippen LogP contribution in [0.25, 0.3) is 0 Å². The molecular formula is C15H17N3O5. The smallest absolute Gasteiger partial charge is 0.363 e. The second-order valence-electron chi connectivity index (χ2n) is 5.41. The largest absolute Gasteiger partial charge is 0.476 e. The van der Waals surface area contributed by atoms with Crippen molar-refractivity contribution >= 4 is 11.7 Å². The second kappa shape index (κ2) is 6.47. The highest BCUT2D eigenvalue weighted by Gasteiger charge is 2.25. The molecular weight excluding hydrogens is 302 g/mol. The molecule has 8 nitrogen and oxygen atoms in total. The Kier molecular flexibility index (Phi) is 4.63. The van der Waals surface area contributed by atoms with Gasteiger partial charge in [-0.2, -0.15) is 5.10 Å². The van der Waals surface area contributed by atoms with Crippen molar-refractivity contribution < 1.29 is 19.6 Å². The molecule has 0 saturated heterocycles. The van der Waals surface area contributed by atoms with E-state index in [1.54, 1.807) is 6.07 Å². The van der Waals surface area contributed by atoms with Crippen LogP contribution in [-0.4, -0.2) is 25.8 Å². The first-order valence-electron chi connectivity index (χ1n) is 6.98. The van der Waals surface area contributed by atoms with Gasteiger partial charge in [0.05, 0.1) is 4.92 Å². The first-order chi connectivity index (χ1) is 10.8. The molecule has 122 valence electrons. The van der Waals surface area contributed by atoms with Crippen molar-refractivity contribution in [2.45, 2.75) is 33.4 Å². The van der Waals surface area contributed by atoms with Crippen LogP contribution in [0.2, 0.25) is 0 Å². The molecule has 0 unspecified atom stereocenters. The fourth-order valence-electron chi connectivity index (χ4n) is 2.29. The molecule has 0 spiro atoms. The standard InChI is InChI=1S/C15H17N3O5/c1-9(2)12-5-4-11(6-10(12)3)23-8-17-7-13(18(21)22)14(16-17)15(19)20/h4-7,9H,8H2,1-3H3,(H,19,20). The summed E-state index contributed by atoms with van der Waals surface area (Å²) < 4.78 is 6.61. The van der Waals surface area contributed by atoms with Crippen LogP contribution in [0.1, 0.15) is 41.4 Å². The molecule has 1 N–H and O–H groups in total. The summed E-state index contributed by atoms with van der Waals surface area (Å²) in [6.07, 6.45) is 1.04. The summed E-state index contributed by atoms with van der Waals surface area (Å²) in [6.45, 7) is 6.05. The topological polar surface area (TPSA) is 107 Å². The summed E-state index contributed by atoms with van der Waals surface area (Å²) in [5.41, 5.74) is 1.12. The van der Waals surface area contributed by atoms with E-state index in [1.165, 1.54) is 5.56 Å². The van der Waals surface area contributed by atoms with Gasteiger partial charge in [-0.25, -0.2) is 9.48 Å². The fraction of sp³-hybridized carbons (Fsp3) is 0.333. The number of aryl methyl sites for hydroxylation is 1. The minimum Gasteiger partial charge on any atom is -0.476 e. The Hall–Kier alpha value is -2.90. The quantitative estimate of drug-likeness (QED) is 0.648. The van der Waals surface area contributed by atoms with Crippen LogP contribution in [-0.2, 0) is 6.73 Å². The van der Waals surface area contributed by atoms with Crippen molar-refractivity contribution in [1.29, 1.82) is 0 Å². The lowest BCUT2D eigenvalue weighted by molar-refractivity contribution is -0.385. The number of carboxylic acid groups (broad SMARTS) is 1. The third-order valence-corrected chi connectivity index (χ3v) is 3.37. The Labute approximate surface area is 132 Å². The predicted molar refractivity (Wildman–Crippen MR) is 81.7 cm³/mol. The van der Waals surface area contributed by atoms with Crippen molar-refractivity contribution in [1.82, 2.24) is 9.78 Å². The SMILES string of the molecule is Cc1cc(OCn2cc([N+](=O)[O-])c(C(=O)O)n2)ccc1C(C)C.